The van der Waals surface area contributed by atoms with Crippen molar-refractivity contribution in [2.45, 2.75) is 6.10 Å². The predicted molar refractivity (Wildman–Crippen MR) is 85.0 cm³/mol. The van der Waals surface area contributed by atoms with Crippen molar-refractivity contribution in [1.82, 2.24) is 10.2 Å². The molecule has 130 valence electrons. The maximum Gasteiger partial charge on any atom is 0.268 e. The predicted octanol–water partition coefficient (Wildman–Crippen LogP) is 1.80. The van der Waals surface area contributed by atoms with Crippen molar-refractivity contribution in [1.29, 1.82) is 0 Å². The Bertz CT molecular complexity index is 1070. The number of halogens is 1. The molecule has 0 fully saturated rings. The first-order valence-corrected chi connectivity index (χ1v) is 7.55. The number of hydrogen-bond acceptors (Lipinski definition) is 6. The van der Waals surface area contributed by atoms with E-state index >= 15 is 0 Å². The fraction of sp³-hybridized carbons (Fsp3) is 0.0588. The molecule has 4 rings (SSSR count). The molecule has 0 saturated heterocycles. The maximum absolute atomic E-state index is 13.2. The normalized spacial score (nSPS) is 12.2. The molecule has 8 nitrogen and oxygen atoms in total. The zero-order chi connectivity index (χ0) is 18.1. The monoisotopic (exact) mass is 354 g/mol. The van der Waals surface area contributed by atoms with Gasteiger partial charge in [0.1, 0.15) is 5.75 Å². The molecule has 1 atom stereocenters. The van der Waals surface area contributed by atoms with E-state index in [-0.39, 0.29) is 11.6 Å². The minimum Gasteiger partial charge on any atom is -0.618 e. The lowest BCUT2D eigenvalue weighted by Gasteiger charge is -2.15. The molecule has 0 radical (unpaired) electrons. The Morgan fingerprint density at radius 1 is 1.12 bits per heavy atom. The Morgan fingerprint density at radius 2 is 2.00 bits per heavy atom. The van der Waals surface area contributed by atoms with E-state index in [1.165, 1.54) is 12.3 Å². The van der Waals surface area contributed by atoms with E-state index in [9.17, 15) is 14.8 Å². The fourth-order valence-electron chi connectivity index (χ4n) is 2.59. The molecule has 1 aromatic carbocycles. The molecule has 1 unspecified atom stereocenters. The number of benzene rings is 1. The second-order valence-corrected chi connectivity index (χ2v) is 5.43. The molecule has 3 aromatic heterocycles. The van der Waals surface area contributed by atoms with E-state index in [1.54, 1.807) is 30.3 Å². The van der Waals surface area contributed by atoms with Crippen LogP contribution in [0, 0.1) is 16.2 Å². The Balaban J connectivity index is 1.76. The summed E-state index contributed by atoms with van der Waals surface area (Å²) < 4.78 is 25.4. The van der Waals surface area contributed by atoms with E-state index in [4.69, 9.17) is 9.15 Å². The van der Waals surface area contributed by atoms with Crippen LogP contribution in [0.2, 0.25) is 0 Å². The summed E-state index contributed by atoms with van der Waals surface area (Å²) in [7, 11) is 0. The van der Waals surface area contributed by atoms with E-state index < -0.39 is 11.9 Å². The number of hydrogen-bond donors (Lipinski definition) is 0. The zero-order valence-corrected chi connectivity index (χ0v) is 13.2. The van der Waals surface area contributed by atoms with Gasteiger partial charge in [-0.2, -0.15) is 9.46 Å². The summed E-state index contributed by atoms with van der Waals surface area (Å²) in [5.74, 6) is -0.275. The Labute approximate surface area is 145 Å². The highest BCUT2D eigenvalue weighted by Crippen LogP contribution is 2.27. The lowest BCUT2D eigenvalue weighted by molar-refractivity contribution is -0.619. The van der Waals surface area contributed by atoms with Crippen LogP contribution < -0.4 is 14.2 Å². The highest BCUT2D eigenvalue weighted by atomic mass is 19.1. The van der Waals surface area contributed by atoms with Crippen LogP contribution in [0.1, 0.15) is 17.7 Å². The molecule has 9 heteroatoms. The standard InChI is InChI=1S/C17H11FN4O4/c18-12-3-5-15(22(24)9-12)16(17-20-19-10-25-17)26-13-4-6-14-11(8-13)2-1-7-21(14)23/h1-10,16H. The smallest absolute Gasteiger partial charge is 0.268 e. The minimum absolute atomic E-state index is 0.0354. The number of ether oxygens (including phenoxy) is 1. The van der Waals surface area contributed by atoms with Crippen LogP contribution in [0.4, 0.5) is 4.39 Å². The van der Waals surface area contributed by atoms with Crippen molar-refractivity contribution in [2.24, 2.45) is 0 Å². The minimum atomic E-state index is -1.05. The molecular formula is C17H11FN4O4. The summed E-state index contributed by atoms with van der Waals surface area (Å²) in [6, 6.07) is 10.6. The highest BCUT2D eigenvalue weighted by Gasteiger charge is 2.29. The average Bonchev–Trinajstić information content (AvgIpc) is 3.15. The molecule has 0 amide bonds. The molecule has 0 aliphatic rings. The molecule has 4 aromatic rings. The van der Waals surface area contributed by atoms with Gasteiger partial charge in [-0.15, -0.1) is 10.2 Å². The van der Waals surface area contributed by atoms with E-state index in [2.05, 4.69) is 10.2 Å². The van der Waals surface area contributed by atoms with Gasteiger partial charge in [0.2, 0.25) is 23.8 Å². The second-order valence-electron chi connectivity index (χ2n) is 5.43. The summed E-state index contributed by atoms with van der Waals surface area (Å²) in [6.07, 6.45) is 2.23. The van der Waals surface area contributed by atoms with Crippen LogP contribution in [0.3, 0.4) is 0 Å². The van der Waals surface area contributed by atoms with Gasteiger partial charge in [-0.25, -0.2) is 4.39 Å². The third-order valence-electron chi connectivity index (χ3n) is 3.77. The van der Waals surface area contributed by atoms with Crippen LogP contribution in [-0.4, -0.2) is 10.2 Å². The van der Waals surface area contributed by atoms with Crippen molar-refractivity contribution in [3.8, 4) is 5.75 Å². The SMILES string of the molecule is [O-][n+]1cc(F)ccc1C(Oc1ccc2c(ccc[n+]2[O-])c1)c1nnco1. The first-order valence-electron chi connectivity index (χ1n) is 7.55. The van der Waals surface area contributed by atoms with E-state index in [0.29, 0.717) is 21.4 Å². The van der Waals surface area contributed by atoms with Gasteiger partial charge >= 0.3 is 0 Å². The molecule has 3 heterocycles. The second kappa shape index (κ2) is 6.28. The lowest BCUT2D eigenvalue weighted by Crippen LogP contribution is -2.35. The van der Waals surface area contributed by atoms with Crippen LogP contribution in [-0.2, 0) is 0 Å². The summed E-state index contributed by atoms with van der Waals surface area (Å²) in [5.41, 5.74) is 0.539. The topological polar surface area (TPSA) is 102 Å². The van der Waals surface area contributed by atoms with Crippen LogP contribution in [0.25, 0.3) is 10.9 Å². The Kier molecular flexibility index (Phi) is 3.81. The number of aromatic nitrogens is 4. The third-order valence-corrected chi connectivity index (χ3v) is 3.77. The zero-order valence-electron chi connectivity index (χ0n) is 13.2. The third kappa shape index (κ3) is 2.86. The molecule has 0 spiro atoms. The number of rotatable bonds is 4. The molecule has 0 aliphatic carbocycles. The van der Waals surface area contributed by atoms with Crippen LogP contribution >= 0.6 is 0 Å². The van der Waals surface area contributed by atoms with Crippen LogP contribution in [0.15, 0.2) is 65.7 Å². The average molecular weight is 354 g/mol. The van der Waals surface area contributed by atoms with Crippen molar-refractivity contribution in [3.05, 3.63) is 89.1 Å². The van der Waals surface area contributed by atoms with Gasteiger partial charge in [-0.05, 0) is 24.3 Å². The summed E-state index contributed by atoms with van der Waals surface area (Å²) >= 11 is 0. The lowest BCUT2D eigenvalue weighted by atomic mass is 10.2. The summed E-state index contributed by atoms with van der Waals surface area (Å²) in [4.78, 5) is 0. The number of nitrogens with zero attached hydrogens (tertiary/aromatic N) is 4. The van der Waals surface area contributed by atoms with E-state index in [0.717, 1.165) is 23.4 Å². The van der Waals surface area contributed by atoms with Gasteiger partial charge in [0.25, 0.3) is 12.0 Å². The van der Waals surface area contributed by atoms with Crippen molar-refractivity contribution < 1.29 is 23.0 Å². The Morgan fingerprint density at radius 3 is 2.77 bits per heavy atom. The van der Waals surface area contributed by atoms with Crippen molar-refractivity contribution in [2.75, 3.05) is 0 Å². The number of pyridine rings is 2. The molecule has 0 N–H and O–H groups in total. The van der Waals surface area contributed by atoms with Gasteiger partial charge in [-0.1, -0.05) is 0 Å². The fourth-order valence-corrected chi connectivity index (χ4v) is 2.59. The first kappa shape index (κ1) is 15.8. The molecule has 0 aliphatic heterocycles. The quantitative estimate of drug-likeness (QED) is 0.409. The van der Waals surface area contributed by atoms with Gasteiger partial charge in [0, 0.05) is 18.2 Å². The van der Waals surface area contributed by atoms with Gasteiger partial charge in [-0.3, -0.25) is 0 Å². The van der Waals surface area contributed by atoms with Gasteiger partial charge in [0.15, 0.2) is 12.0 Å². The molecule has 26 heavy (non-hydrogen) atoms. The maximum atomic E-state index is 13.2. The highest BCUT2D eigenvalue weighted by molar-refractivity contribution is 5.77. The van der Waals surface area contributed by atoms with Gasteiger partial charge < -0.3 is 19.6 Å². The largest absolute Gasteiger partial charge is 0.618 e. The Hall–Kier alpha value is -3.75. The van der Waals surface area contributed by atoms with Crippen molar-refractivity contribution in [3.63, 3.8) is 0 Å². The molecular weight excluding hydrogens is 343 g/mol. The molecule has 0 saturated carbocycles. The first-order chi connectivity index (χ1) is 12.6. The van der Waals surface area contributed by atoms with Crippen molar-refractivity contribution >= 4 is 10.9 Å². The summed E-state index contributed by atoms with van der Waals surface area (Å²) in [6.45, 7) is 0. The van der Waals surface area contributed by atoms with E-state index in [1.807, 2.05) is 0 Å². The summed E-state index contributed by atoms with van der Waals surface area (Å²) in [5, 5.41) is 31.9. The molecule has 0 bridgehead atoms. The number of fused-ring (bicyclic) bond motifs is 1. The van der Waals surface area contributed by atoms with Gasteiger partial charge in [0.05, 0.1) is 5.39 Å². The van der Waals surface area contributed by atoms with Crippen LogP contribution in [0.5, 0.6) is 5.75 Å².